The van der Waals surface area contributed by atoms with Crippen LogP contribution in [0.4, 0.5) is 0 Å². The number of nitrogens with zero attached hydrogens (tertiary/aromatic N) is 2. The van der Waals surface area contributed by atoms with Gasteiger partial charge in [-0.25, -0.2) is 4.79 Å². The van der Waals surface area contributed by atoms with Crippen LogP contribution in [-0.2, 0) is 11.8 Å². The van der Waals surface area contributed by atoms with Gasteiger partial charge < -0.3 is 10.4 Å². The number of aromatic nitrogens is 2. The van der Waals surface area contributed by atoms with Crippen LogP contribution in [0.15, 0.2) is 6.07 Å². The molecule has 1 heterocycles. The molecular weight excluding hydrogens is 258 g/mol. The monoisotopic (exact) mass is 281 g/mol. The minimum Gasteiger partial charge on any atom is -0.480 e. The molecular formula is C14H23N3O3. The van der Waals surface area contributed by atoms with E-state index in [0.29, 0.717) is 12.8 Å². The lowest BCUT2D eigenvalue weighted by atomic mass is 9.96. The molecule has 2 N–H and O–H groups in total. The summed E-state index contributed by atoms with van der Waals surface area (Å²) in [5.74, 6) is -1.24. The summed E-state index contributed by atoms with van der Waals surface area (Å²) in [6.45, 7) is 7.42. The van der Waals surface area contributed by atoms with E-state index in [1.807, 2.05) is 20.8 Å². The van der Waals surface area contributed by atoms with Gasteiger partial charge in [0.05, 0.1) is 0 Å². The Hall–Kier alpha value is -1.85. The summed E-state index contributed by atoms with van der Waals surface area (Å²) in [7, 11) is 1.77. The number of aryl methyl sites for hydroxylation is 1. The van der Waals surface area contributed by atoms with Crippen LogP contribution in [0.3, 0.4) is 0 Å². The fraction of sp³-hybridized carbons (Fsp3) is 0.643. The normalized spacial score (nSPS) is 14.1. The van der Waals surface area contributed by atoms with E-state index in [2.05, 4.69) is 10.4 Å². The van der Waals surface area contributed by atoms with Gasteiger partial charge >= 0.3 is 5.97 Å². The molecule has 0 bridgehead atoms. The zero-order valence-electron chi connectivity index (χ0n) is 12.7. The van der Waals surface area contributed by atoms with Crippen LogP contribution in [-0.4, -0.2) is 32.3 Å². The van der Waals surface area contributed by atoms with Crippen LogP contribution in [0.1, 0.15) is 62.6 Å². The second-order valence-corrected chi connectivity index (χ2v) is 5.57. The van der Waals surface area contributed by atoms with Crippen LogP contribution in [0, 0.1) is 0 Å². The predicted octanol–water partition coefficient (Wildman–Crippen LogP) is 1.92. The first kappa shape index (κ1) is 16.2. The minimum atomic E-state index is -1.26. The van der Waals surface area contributed by atoms with Crippen molar-refractivity contribution in [2.24, 2.45) is 7.05 Å². The maximum absolute atomic E-state index is 12.2. The van der Waals surface area contributed by atoms with E-state index in [1.165, 1.54) is 6.92 Å². The summed E-state index contributed by atoms with van der Waals surface area (Å²) in [5, 5.41) is 16.0. The van der Waals surface area contributed by atoms with Crippen LogP contribution in [0.2, 0.25) is 0 Å². The zero-order valence-corrected chi connectivity index (χ0v) is 12.7. The first-order valence-corrected chi connectivity index (χ1v) is 6.81. The SMILES string of the molecule is CCCC(C)(NC(=O)c1cc(C(C)C)n(C)n1)C(=O)O. The number of hydrogen-bond acceptors (Lipinski definition) is 3. The van der Waals surface area contributed by atoms with E-state index < -0.39 is 17.4 Å². The molecule has 20 heavy (non-hydrogen) atoms. The summed E-state index contributed by atoms with van der Waals surface area (Å²) in [4.78, 5) is 23.5. The van der Waals surface area contributed by atoms with Crippen molar-refractivity contribution in [3.8, 4) is 0 Å². The molecule has 1 amide bonds. The average molecular weight is 281 g/mol. The molecule has 1 rings (SSSR count). The fourth-order valence-corrected chi connectivity index (χ4v) is 2.17. The second kappa shape index (κ2) is 6.07. The Morgan fingerprint density at radius 1 is 1.50 bits per heavy atom. The lowest BCUT2D eigenvalue weighted by molar-refractivity contribution is -0.144. The lowest BCUT2D eigenvalue weighted by Gasteiger charge is -2.25. The van der Waals surface area contributed by atoms with E-state index in [1.54, 1.807) is 17.8 Å². The number of aliphatic carboxylic acids is 1. The van der Waals surface area contributed by atoms with E-state index >= 15 is 0 Å². The standard InChI is InChI=1S/C14H23N3O3/c1-6-7-14(4,13(19)20)15-12(18)10-8-11(9(2)3)17(5)16-10/h8-9H,6-7H2,1-5H3,(H,15,18)(H,19,20). The third-order valence-corrected chi connectivity index (χ3v) is 3.35. The topological polar surface area (TPSA) is 84.2 Å². The van der Waals surface area contributed by atoms with Crippen molar-refractivity contribution in [2.45, 2.75) is 52.0 Å². The molecule has 0 spiro atoms. The van der Waals surface area contributed by atoms with E-state index in [-0.39, 0.29) is 11.6 Å². The van der Waals surface area contributed by atoms with E-state index in [4.69, 9.17) is 0 Å². The van der Waals surface area contributed by atoms with Crippen molar-refractivity contribution in [1.82, 2.24) is 15.1 Å². The van der Waals surface area contributed by atoms with E-state index in [9.17, 15) is 14.7 Å². The van der Waals surface area contributed by atoms with Crippen LogP contribution in [0.25, 0.3) is 0 Å². The van der Waals surface area contributed by atoms with Gasteiger partial charge in [0.2, 0.25) is 0 Å². The maximum Gasteiger partial charge on any atom is 0.329 e. The molecule has 1 aromatic heterocycles. The van der Waals surface area contributed by atoms with Crippen molar-refractivity contribution < 1.29 is 14.7 Å². The molecule has 0 aliphatic rings. The van der Waals surface area contributed by atoms with Gasteiger partial charge in [-0.3, -0.25) is 9.48 Å². The third kappa shape index (κ3) is 3.37. The number of carboxylic acids is 1. The van der Waals surface area contributed by atoms with Crippen LogP contribution < -0.4 is 5.32 Å². The van der Waals surface area contributed by atoms with Gasteiger partial charge in [0.25, 0.3) is 5.91 Å². The Kier molecular flexibility index (Phi) is 4.92. The molecule has 0 aromatic carbocycles. The largest absolute Gasteiger partial charge is 0.480 e. The van der Waals surface area contributed by atoms with Crippen molar-refractivity contribution in [1.29, 1.82) is 0 Å². The Morgan fingerprint density at radius 3 is 2.50 bits per heavy atom. The molecule has 1 unspecified atom stereocenters. The van der Waals surface area contributed by atoms with Gasteiger partial charge in [-0.1, -0.05) is 27.2 Å². The first-order valence-electron chi connectivity index (χ1n) is 6.81. The molecule has 0 saturated heterocycles. The van der Waals surface area contributed by atoms with Crippen LogP contribution in [0.5, 0.6) is 0 Å². The van der Waals surface area contributed by atoms with Gasteiger partial charge in [0, 0.05) is 12.7 Å². The van der Waals surface area contributed by atoms with E-state index in [0.717, 1.165) is 5.69 Å². The van der Waals surface area contributed by atoms with Crippen LogP contribution >= 0.6 is 0 Å². The molecule has 0 saturated carbocycles. The quantitative estimate of drug-likeness (QED) is 0.834. The van der Waals surface area contributed by atoms with Crippen molar-refractivity contribution >= 4 is 11.9 Å². The number of carbonyl (C=O) groups is 2. The Balaban J connectivity index is 2.95. The maximum atomic E-state index is 12.2. The summed E-state index contributed by atoms with van der Waals surface area (Å²) >= 11 is 0. The molecule has 6 nitrogen and oxygen atoms in total. The van der Waals surface area contributed by atoms with Gasteiger partial charge in [-0.05, 0) is 25.3 Å². The Labute approximate surface area is 119 Å². The molecule has 1 aromatic rings. The third-order valence-electron chi connectivity index (χ3n) is 3.35. The minimum absolute atomic E-state index is 0.246. The zero-order chi connectivity index (χ0) is 15.5. The summed E-state index contributed by atoms with van der Waals surface area (Å²) in [5.41, 5.74) is -0.0797. The summed E-state index contributed by atoms with van der Waals surface area (Å²) in [6.07, 6.45) is 1.04. The van der Waals surface area contributed by atoms with Crippen molar-refractivity contribution in [2.75, 3.05) is 0 Å². The number of nitrogens with one attached hydrogen (secondary N) is 1. The number of carboxylic acid groups (broad SMARTS) is 1. The smallest absolute Gasteiger partial charge is 0.329 e. The fourth-order valence-electron chi connectivity index (χ4n) is 2.17. The summed E-state index contributed by atoms with van der Waals surface area (Å²) < 4.78 is 1.65. The van der Waals surface area contributed by atoms with Gasteiger partial charge in [0.1, 0.15) is 11.2 Å². The number of hydrogen-bond donors (Lipinski definition) is 2. The predicted molar refractivity (Wildman–Crippen MR) is 75.7 cm³/mol. The lowest BCUT2D eigenvalue weighted by Crippen LogP contribution is -2.52. The van der Waals surface area contributed by atoms with Crippen molar-refractivity contribution in [3.63, 3.8) is 0 Å². The highest BCUT2D eigenvalue weighted by atomic mass is 16.4. The number of rotatable bonds is 6. The molecule has 0 aliphatic carbocycles. The molecule has 1 atom stereocenters. The number of amides is 1. The molecule has 112 valence electrons. The number of carbonyl (C=O) groups excluding carboxylic acids is 1. The molecule has 0 radical (unpaired) electrons. The summed E-state index contributed by atoms with van der Waals surface area (Å²) in [6, 6.07) is 1.70. The second-order valence-electron chi connectivity index (χ2n) is 5.57. The Bertz CT molecular complexity index is 508. The molecule has 0 fully saturated rings. The molecule has 0 aliphatic heterocycles. The first-order chi connectivity index (χ1) is 9.21. The highest BCUT2D eigenvalue weighted by Gasteiger charge is 2.34. The van der Waals surface area contributed by atoms with Gasteiger partial charge in [-0.15, -0.1) is 0 Å². The van der Waals surface area contributed by atoms with Gasteiger partial charge in [0.15, 0.2) is 0 Å². The van der Waals surface area contributed by atoms with Crippen molar-refractivity contribution in [3.05, 3.63) is 17.5 Å². The highest BCUT2D eigenvalue weighted by molar-refractivity contribution is 5.96. The van der Waals surface area contributed by atoms with Gasteiger partial charge in [-0.2, -0.15) is 5.10 Å². The average Bonchev–Trinajstić information content (AvgIpc) is 2.71. The Morgan fingerprint density at radius 2 is 2.10 bits per heavy atom. The highest BCUT2D eigenvalue weighted by Crippen LogP contribution is 2.17. The molecule has 6 heteroatoms.